The number of rotatable bonds is 8. The van der Waals surface area contributed by atoms with E-state index in [0.29, 0.717) is 5.82 Å². The Hall–Kier alpha value is -2.90. The van der Waals surface area contributed by atoms with Crippen LogP contribution in [0, 0.1) is 12.8 Å². The van der Waals surface area contributed by atoms with E-state index in [-0.39, 0.29) is 24.3 Å². The summed E-state index contributed by atoms with van der Waals surface area (Å²) in [6, 6.07) is 6.00. The van der Waals surface area contributed by atoms with Crippen LogP contribution in [0.5, 0.6) is 0 Å². The van der Waals surface area contributed by atoms with E-state index in [9.17, 15) is 9.59 Å². The molecule has 27 heavy (non-hydrogen) atoms. The smallest absolute Gasteiger partial charge is 0.246 e. The summed E-state index contributed by atoms with van der Waals surface area (Å²) < 4.78 is 1.41. The number of carbonyl (C=O) groups is 2. The van der Waals surface area contributed by atoms with Crippen LogP contribution in [0.1, 0.15) is 32.3 Å². The zero-order chi connectivity index (χ0) is 19.4. The van der Waals surface area contributed by atoms with Gasteiger partial charge in [-0.3, -0.25) is 9.59 Å². The van der Waals surface area contributed by atoms with Crippen LogP contribution in [0.3, 0.4) is 0 Å². The Balaban J connectivity index is 1.57. The summed E-state index contributed by atoms with van der Waals surface area (Å²) in [4.78, 5) is 26.3. The molecule has 1 aliphatic carbocycles. The first-order chi connectivity index (χ1) is 13.0. The number of amides is 2. The van der Waals surface area contributed by atoms with E-state index in [2.05, 4.69) is 45.8 Å². The first-order valence-corrected chi connectivity index (χ1v) is 9.36. The molecule has 1 fully saturated rings. The summed E-state index contributed by atoms with van der Waals surface area (Å²) in [6.45, 7) is 8.12. The number of anilines is 3. The minimum Gasteiger partial charge on any atom is -0.372 e. The average Bonchev–Trinajstić information content (AvgIpc) is 3.40. The van der Waals surface area contributed by atoms with Gasteiger partial charge in [0, 0.05) is 30.4 Å². The molecule has 0 saturated heterocycles. The van der Waals surface area contributed by atoms with Crippen molar-refractivity contribution in [2.45, 2.75) is 40.2 Å². The van der Waals surface area contributed by atoms with Gasteiger partial charge in [-0.2, -0.15) is 0 Å². The molecule has 1 saturated carbocycles. The molecule has 0 spiro atoms. The lowest BCUT2D eigenvalue weighted by Gasteiger charge is -2.22. The van der Waals surface area contributed by atoms with Gasteiger partial charge in [-0.1, -0.05) is 5.21 Å². The monoisotopic (exact) mass is 370 g/mol. The minimum absolute atomic E-state index is 0.0313. The first-order valence-electron chi connectivity index (χ1n) is 9.36. The fourth-order valence-electron chi connectivity index (χ4n) is 2.92. The van der Waals surface area contributed by atoms with Crippen LogP contribution in [0.15, 0.2) is 24.4 Å². The largest absolute Gasteiger partial charge is 0.372 e. The Labute approximate surface area is 158 Å². The molecule has 1 aromatic heterocycles. The van der Waals surface area contributed by atoms with Crippen molar-refractivity contribution in [3.8, 4) is 0 Å². The van der Waals surface area contributed by atoms with Gasteiger partial charge < -0.3 is 15.5 Å². The van der Waals surface area contributed by atoms with Crippen LogP contribution >= 0.6 is 0 Å². The number of carbonyl (C=O) groups excluding carboxylic acids is 2. The van der Waals surface area contributed by atoms with Crippen LogP contribution in [0.25, 0.3) is 0 Å². The lowest BCUT2D eigenvalue weighted by Crippen LogP contribution is -2.22. The number of benzene rings is 1. The molecule has 0 bridgehead atoms. The van der Waals surface area contributed by atoms with Gasteiger partial charge in [0.2, 0.25) is 11.8 Å². The predicted molar refractivity (Wildman–Crippen MR) is 105 cm³/mol. The highest BCUT2D eigenvalue weighted by molar-refractivity contribution is 5.93. The van der Waals surface area contributed by atoms with Gasteiger partial charge in [0.15, 0.2) is 5.82 Å². The van der Waals surface area contributed by atoms with Gasteiger partial charge >= 0.3 is 0 Å². The van der Waals surface area contributed by atoms with E-state index in [1.165, 1.54) is 4.68 Å². The summed E-state index contributed by atoms with van der Waals surface area (Å²) in [5.74, 6) is 0.245. The zero-order valence-corrected chi connectivity index (χ0v) is 16.0. The van der Waals surface area contributed by atoms with Gasteiger partial charge in [-0.15, -0.1) is 5.10 Å². The molecule has 2 amide bonds. The van der Waals surface area contributed by atoms with Crippen LogP contribution < -0.4 is 15.5 Å². The normalized spacial score (nSPS) is 13.3. The van der Waals surface area contributed by atoms with Crippen molar-refractivity contribution in [1.82, 2.24) is 15.0 Å². The van der Waals surface area contributed by atoms with Crippen molar-refractivity contribution in [2.24, 2.45) is 5.92 Å². The predicted octanol–water partition coefficient (Wildman–Crippen LogP) is 2.42. The third-order valence-corrected chi connectivity index (χ3v) is 4.66. The third kappa shape index (κ3) is 4.84. The van der Waals surface area contributed by atoms with Crippen molar-refractivity contribution >= 4 is 29.0 Å². The maximum atomic E-state index is 12.3. The fourth-order valence-corrected chi connectivity index (χ4v) is 2.92. The molecule has 0 aliphatic heterocycles. The molecule has 1 heterocycles. The van der Waals surface area contributed by atoms with Crippen LogP contribution in [0.2, 0.25) is 0 Å². The standard InChI is InChI=1S/C19H26N6O2/c1-4-24(5-2)15-8-9-16(13(3)10-15)20-18(26)12-25-11-17(22-23-25)21-19(27)14-6-7-14/h8-11,14H,4-7,12H2,1-3H3,(H,20,26)(H,21,27). The van der Waals surface area contributed by atoms with Gasteiger partial charge in [-0.05, 0) is 57.4 Å². The second-order valence-electron chi connectivity index (χ2n) is 6.78. The van der Waals surface area contributed by atoms with Crippen molar-refractivity contribution in [1.29, 1.82) is 0 Å². The van der Waals surface area contributed by atoms with E-state index in [4.69, 9.17) is 0 Å². The Morgan fingerprint density at radius 1 is 1.22 bits per heavy atom. The second-order valence-corrected chi connectivity index (χ2v) is 6.78. The van der Waals surface area contributed by atoms with Crippen LogP contribution in [-0.2, 0) is 16.1 Å². The van der Waals surface area contributed by atoms with Gasteiger partial charge in [0.05, 0.1) is 6.20 Å². The lowest BCUT2D eigenvalue weighted by molar-refractivity contribution is -0.117. The van der Waals surface area contributed by atoms with Crippen LogP contribution in [0.4, 0.5) is 17.2 Å². The Morgan fingerprint density at radius 2 is 1.96 bits per heavy atom. The molecule has 0 atom stereocenters. The second kappa shape index (κ2) is 8.20. The van der Waals surface area contributed by atoms with E-state index >= 15 is 0 Å². The quantitative estimate of drug-likeness (QED) is 0.744. The fraction of sp³-hybridized carbons (Fsp3) is 0.474. The summed E-state index contributed by atoms with van der Waals surface area (Å²) in [6.07, 6.45) is 3.42. The molecule has 2 N–H and O–H groups in total. The summed E-state index contributed by atoms with van der Waals surface area (Å²) >= 11 is 0. The van der Waals surface area contributed by atoms with Crippen molar-refractivity contribution in [2.75, 3.05) is 28.6 Å². The first kappa shape index (κ1) is 18.9. The van der Waals surface area contributed by atoms with Gasteiger partial charge in [-0.25, -0.2) is 4.68 Å². The van der Waals surface area contributed by atoms with E-state index in [1.54, 1.807) is 6.20 Å². The summed E-state index contributed by atoms with van der Waals surface area (Å²) in [5.41, 5.74) is 2.92. The van der Waals surface area contributed by atoms with E-state index in [0.717, 1.165) is 42.9 Å². The summed E-state index contributed by atoms with van der Waals surface area (Å²) in [7, 11) is 0. The molecule has 1 aliphatic rings. The molecule has 8 heteroatoms. The SMILES string of the molecule is CCN(CC)c1ccc(NC(=O)Cn2cc(NC(=O)C3CC3)nn2)c(C)c1. The number of hydrogen-bond donors (Lipinski definition) is 2. The van der Waals surface area contributed by atoms with Crippen molar-refractivity contribution < 1.29 is 9.59 Å². The number of nitrogens with one attached hydrogen (secondary N) is 2. The maximum absolute atomic E-state index is 12.3. The zero-order valence-electron chi connectivity index (χ0n) is 16.0. The van der Waals surface area contributed by atoms with Gasteiger partial charge in [0.25, 0.3) is 0 Å². The molecule has 1 aromatic carbocycles. The molecule has 3 rings (SSSR count). The number of aryl methyl sites for hydroxylation is 1. The maximum Gasteiger partial charge on any atom is 0.246 e. The minimum atomic E-state index is -0.196. The van der Waals surface area contributed by atoms with E-state index in [1.807, 2.05) is 19.1 Å². The van der Waals surface area contributed by atoms with Crippen LogP contribution in [-0.4, -0.2) is 39.9 Å². The highest BCUT2D eigenvalue weighted by Crippen LogP contribution is 2.29. The molecule has 2 aromatic rings. The molecular weight excluding hydrogens is 344 g/mol. The highest BCUT2D eigenvalue weighted by Gasteiger charge is 2.30. The average molecular weight is 370 g/mol. The molecule has 0 unspecified atom stereocenters. The van der Waals surface area contributed by atoms with Gasteiger partial charge in [0.1, 0.15) is 6.54 Å². The molecule has 144 valence electrons. The molecule has 8 nitrogen and oxygen atoms in total. The molecule has 0 radical (unpaired) electrons. The number of nitrogens with zero attached hydrogens (tertiary/aromatic N) is 4. The lowest BCUT2D eigenvalue weighted by atomic mass is 10.1. The highest BCUT2D eigenvalue weighted by atomic mass is 16.2. The van der Waals surface area contributed by atoms with E-state index < -0.39 is 0 Å². The molecular formula is C19H26N6O2. The Morgan fingerprint density at radius 3 is 2.59 bits per heavy atom. The number of aromatic nitrogens is 3. The topological polar surface area (TPSA) is 92.2 Å². The van der Waals surface area contributed by atoms with Crippen molar-refractivity contribution in [3.63, 3.8) is 0 Å². The third-order valence-electron chi connectivity index (χ3n) is 4.66. The Kier molecular flexibility index (Phi) is 5.73. The van der Waals surface area contributed by atoms with Crippen molar-refractivity contribution in [3.05, 3.63) is 30.0 Å². The summed E-state index contributed by atoms with van der Waals surface area (Å²) in [5, 5.41) is 13.4. The number of hydrogen-bond acceptors (Lipinski definition) is 5. The Bertz CT molecular complexity index is 823.